The van der Waals surface area contributed by atoms with Crippen LogP contribution in [0.25, 0.3) is 0 Å². The highest BCUT2D eigenvalue weighted by Crippen LogP contribution is 2.24. The van der Waals surface area contributed by atoms with Gasteiger partial charge in [0.15, 0.2) is 0 Å². The molecule has 0 radical (unpaired) electrons. The van der Waals surface area contributed by atoms with E-state index < -0.39 is 0 Å². The van der Waals surface area contributed by atoms with Gasteiger partial charge in [0.2, 0.25) is 5.91 Å². The largest absolute Gasteiger partial charge is 0.340 e. The van der Waals surface area contributed by atoms with Gasteiger partial charge in [0.25, 0.3) is 0 Å². The lowest BCUT2D eigenvalue weighted by atomic mass is 9.96. The molecular weight excluding hydrogens is 280 g/mol. The first kappa shape index (κ1) is 16.4. The van der Waals surface area contributed by atoms with Gasteiger partial charge in [-0.05, 0) is 35.8 Å². The molecule has 4 heteroatoms. The van der Waals surface area contributed by atoms with E-state index in [4.69, 9.17) is 0 Å². The molecule has 1 unspecified atom stereocenters. The van der Waals surface area contributed by atoms with E-state index in [-0.39, 0.29) is 0 Å². The Bertz CT molecular complexity index is 441. The third-order valence-corrected chi connectivity index (χ3v) is 4.92. The molecule has 3 nitrogen and oxygen atoms in total. The lowest BCUT2D eigenvalue weighted by molar-refractivity contribution is -0.131. The van der Waals surface area contributed by atoms with Crippen LogP contribution in [0.1, 0.15) is 38.2 Å². The minimum Gasteiger partial charge on any atom is -0.340 e. The maximum Gasteiger partial charge on any atom is 0.222 e. The summed E-state index contributed by atoms with van der Waals surface area (Å²) in [7, 11) is 0. The Kier molecular flexibility index (Phi) is 6.58. The number of nitrogens with one attached hydrogen (secondary N) is 1. The van der Waals surface area contributed by atoms with Crippen LogP contribution in [0.15, 0.2) is 29.2 Å². The van der Waals surface area contributed by atoms with E-state index in [2.05, 4.69) is 43.4 Å². The van der Waals surface area contributed by atoms with Crippen LogP contribution in [0.5, 0.6) is 0 Å². The highest BCUT2D eigenvalue weighted by atomic mass is 32.2. The third-order valence-electron chi connectivity index (χ3n) is 4.02. The monoisotopic (exact) mass is 306 g/mol. The molecule has 1 heterocycles. The van der Waals surface area contributed by atoms with E-state index in [0.717, 1.165) is 38.4 Å². The van der Waals surface area contributed by atoms with Crippen LogP contribution >= 0.6 is 11.8 Å². The number of piperazine rings is 1. The van der Waals surface area contributed by atoms with Gasteiger partial charge in [-0.1, -0.05) is 26.0 Å². The predicted octanol–water partition coefficient (Wildman–Crippen LogP) is 3.11. The fraction of sp³-hybridized carbons (Fsp3) is 0.588. The molecule has 116 valence electrons. The first-order valence-electron chi connectivity index (χ1n) is 7.92. The minimum atomic E-state index is 0.307. The molecule has 2 rings (SSSR count). The lowest BCUT2D eigenvalue weighted by Crippen LogP contribution is -2.46. The Labute approximate surface area is 132 Å². The second-order valence-electron chi connectivity index (χ2n) is 5.57. The molecule has 1 N–H and O–H groups in total. The van der Waals surface area contributed by atoms with Gasteiger partial charge in [0, 0.05) is 37.5 Å². The van der Waals surface area contributed by atoms with Crippen molar-refractivity contribution in [3.05, 3.63) is 29.8 Å². The Hall–Kier alpha value is -1.00. The van der Waals surface area contributed by atoms with Gasteiger partial charge in [-0.2, -0.15) is 0 Å². The van der Waals surface area contributed by atoms with Gasteiger partial charge in [0.05, 0.1) is 0 Å². The number of carbonyl (C=O) groups is 1. The fourth-order valence-electron chi connectivity index (χ4n) is 2.64. The number of thioether (sulfide) groups is 1. The summed E-state index contributed by atoms with van der Waals surface area (Å²) < 4.78 is 0. The van der Waals surface area contributed by atoms with Crippen LogP contribution in [-0.2, 0) is 4.79 Å². The van der Waals surface area contributed by atoms with Crippen LogP contribution < -0.4 is 5.32 Å². The van der Waals surface area contributed by atoms with Crippen LogP contribution in [0, 0.1) is 0 Å². The Morgan fingerprint density at radius 2 is 1.95 bits per heavy atom. The maximum atomic E-state index is 12.2. The highest BCUT2D eigenvalue weighted by molar-refractivity contribution is 7.99. The summed E-state index contributed by atoms with van der Waals surface area (Å²) >= 11 is 1.87. The quantitative estimate of drug-likeness (QED) is 0.820. The second-order valence-corrected chi connectivity index (χ2v) is 6.91. The van der Waals surface area contributed by atoms with Gasteiger partial charge < -0.3 is 10.2 Å². The summed E-state index contributed by atoms with van der Waals surface area (Å²) in [6.45, 7) is 7.96. The van der Waals surface area contributed by atoms with E-state index in [1.165, 1.54) is 10.5 Å². The molecule has 0 aliphatic carbocycles. The predicted molar refractivity (Wildman–Crippen MR) is 89.9 cm³/mol. The molecule has 1 aromatic rings. The summed E-state index contributed by atoms with van der Waals surface area (Å²) in [5.41, 5.74) is 1.34. The van der Waals surface area contributed by atoms with Crippen molar-refractivity contribution < 1.29 is 4.79 Å². The fourth-order valence-corrected chi connectivity index (χ4v) is 3.30. The lowest BCUT2D eigenvalue weighted by Gasteiger charge is -2.27. The number of carbonyl (C=O) groups excluding carboxylic acids is 1. The smallest absolute Gasteiger partial charge is 0.222 e. The van der Waals surface area contributed by atoms with Crippen LogP contribution in [0.3, 0.4) is 0 Å². The Balaban J connectivity index is 1.80. The van der Waals surface area contributed by atoms with Crippen LogP contribution in [0.4, 0.5) is 0 Å². The molecule has 0 aromatic heterocycles. The van der Waals surface area contributed by atoms with E-state index in [9.17, 15) is 4.79 Å². The standard InChI is InChI=1S/C17H26N2OS/c1-3-21-16-7-5-15(6-8-16)14(2)4-9-17(20)19-12-10-18-11-13-19/h5-8,14,18H,3-4,9-13H2,1-2H3. The number of rotatable bonds is 6. The summed E-state index contributed by atoms with van der Waals surface area (Å²) in [6.07, 6.45) is 1.59. The van der Waals surface area contributed by atoms with Crippen molar-refractivity contribution in [2.75, 3.05) is 31.9 Å². The first-order chi connectivity index (χ1) is 10.2. The van der Waals surface area contributed by atoms with Crippen molar-refractivity contribution in [2.24, 2.45) is 0 Å². The summed E-state index contributed by atoms with van der Waals surface area (Å²) in [6, 6.07) is 8.80. The number of nitrogens with zero attached hydrogens (tertiary/aromatic N) is 1. The molecule has 21 heavy (non-hydrogen) atoms. The molecular formula is C17H26N2OS. The molecule has 1 fully saturated rings. The molecule has 0 spiro atoms. The maximum absolute atomic E-state index is 12.2. The molecule has 1 aromatic carbocycles. The van der Waals surface area contributed by atoms with Gasteiger partial charge in [0.1, 0.15) is 0 Å². The molecule has 0 saturated carbocycles. The van der Waals surface area contributed by atoms with Crippen LogP contribution in [-0.4, -0.2) is 42.7 Å². The van der Waals surface area contributed by atoms with E-state index >= 15 is 0 Å². The van der Waals surface area contributed by atoms with E-state index in [1.54, 1.807) is 0 Å². The second kappa shape index (κ2) is 8.44. The summed E-state index contributed by atoms with van der Waals surface area (Å²) in [5, 5.41) is 3.28. The summed E-state index contributed by atoms with van der Waals surface area (Å²) in [5.74, 6) is 1.85. The highest BCUT2D eigenvalue weighted by Gasteiger charge is 2.17. The number of amides is 1. The third kappa shape index (κ3) is 5.04. The molecule has 1 saturated heterocycles. The zero-order valence-corrected chi connectivity index (χ0v) is 13.9. The van der Waals surface area contributed by atoms with Gasteiger partial charge in [-0.15, -0.1) is 11.8 Å². The van der Waals surface area contributed by atoms with Crippen molar-refractivity contribution in [3.8, 4) is 0 Å². The molecule has 1 atom stereocenters. The van der Waals surface area contributed by atoms with Crippen molar-refractivity contribution in [1.82, 2.24) is 10.2 Å². The van der Waals surface area contributed by atoms with Gasteiger partial charge in [-0.25, -0.2) is 0 Å². The van der Waals surface area contributed by atoms with Crippen molar-refractivity contribution >= 4 is 17.7 Å². The van der Waals surface area contributed by atoms with Crippen molar-refractivity contribution in [1.29, 1.82) is 0 Å². The van der Waals surface area contributed by atoms with Crippen LogP contribution in [0.2, 0.25) is 0 Å². The number of hydrogen-bond acceptors (Lipinski definition) is 3. The first-order valence-corrected chi connectivity index (χ1v) is 8.90. The zero-order chi connectivity index (χ0) is 15.1. The van der Waals surface area contributed by atoms with Crippen molar-refractivity contribution in [2.45, 2.75) is 37.5 Å². The molecule has 1 aliphatic rings. The Morgan fingerprint density at radius 1 is 1.29 bits per heavy atom. The minimum absolute atomic E-state index is 0.307. The van der Waals surface area contributed by atoms with Gasteiger partial charge >= 0.3 is 0 Å². The summed E-state index contributed by atoms with van der Waals surface area (Å²) in [4.78, 5) is 15.5. The van der Waals surface area contributed by atoms with Gasteiger partial charge in [-0.3, -0.25) is 4.79 Å². The number of hydrogen-bond donors (Lipinski definition) is 1. The van der Waals surface area contributed by atoms with E-state index in [1.807, 2.05) is 16.7 Å². The average Bonchev–Trinajstić information content (AvgIpc) is 2.54. The Morgan fingerprint density at radius 3 is 2.57 bits per heavy atom. The van der Waals surface area contributed by atoms with Crippen molar-refractivity contribution in [3.63, 3.8) is 0 Å². The normalized spacial score (nSPS) is 16.8. The molecule has 1 amide bonds. The average molecular weight is 306 g/mol. The zero-order valence-electron chi connectivity index (χ0n) is 13.1. The molecule has 0 bridgehead atoms. The van der Waals surface area contributed by atoms with E-state index in [0.29, 0.717) is 18.2 Å². The SMILES string of the molecule is CCSc1ccc(C(C)CCC(=O)N2CCNCC2)cc1. The number of benzene rings is 1. The molecule has 1 aliphatic heterocycles. The topological polar surface area (TPSA) is 32.3 Å².